The molecule has 0 saturated carbocycles. The highest BCUT2D eigenvalue weighted by atomic mass is 35.5. The molecule has 3 aromatic rings. The summed E-state index contributed by atoms with van der Waals surface area (Å²) in [4.78, 5) is 19.8. The van der Waals surface area contributed by atoms with E-state index in [1.54, 1.807) is 22.7 Å². The molecule has 0 aliphatic rings. The largest absolute Gasteiger partial charge is 0.297 e. The zero-order chi connectivity index (χ0) is 12.5. The summed E-state index contributed by atoms with van der Waals surface area (Å²) in [5, 5.41) is 0.551. The second kappa shape index (κ2) is 4.23. The second-order valence-electron chi connectivity index (χ2n) is 3.75. The van der Waals surface area contributed by atoms with Crippen LogP contribution in [0, 0.1) is 0 Å². The van der Waals surface area contributed by atoms with E-state index < -0.39 is 0 Å². The Morgan fingerprint density at radius 2 is 2.11 bits per heavy atom. The van der Waals surface area contributed by atoms with E-state index in [0.29, 0.717) is 27.8 Å². The van der Waals surface area contributed by atoms with Crippen molar-refractivity contribution in [1.29, 1.82) is 0 Å². The van der Waals surface area contributed by atoms with Crippen LogP contribution in [0.1, 0.15) is 10.5 Å². The highest BCUT2D eigenvalue weighted by Gasteiger charge is 2.13. The predicted molar refractivity (Wildman–Crippen MR) is 68.8 cm³/mol. The van der Waals surface area contributed by atoms with Crippen LogP contribution >= 0.6 is 11.6 Å². The van der Waals surface area contributed by atoms with Gasteiger partial charge in [0, 0.05) is 12.4 Å². The lowest BCUT2D eigenvalue weighted by Gasteiger charge is -1.97. The summed E-state index contributed by atoms with van der Waals surface area (Å²) in [7, 11) is 0. The summed E-state index contributed by atoms with van der Waals surface area (Å²) < 4.78 is 1.73. The number of nitrogens with zero attached hydrogens (tertiary/aromatic N) is 3. The van der Waals surface area contributed by atoms with Crippen molar-refractivity contribution in [2.75, 3.05) is 0 Å². The first-order valence-electron chi connectivity index (χ1n) is 5.34. The minimum Gasteiger partial charge on any atom is -0.297 e. The van der Waals surface area contributed by atoms with E-state index in [1.165, 1.54) is 6.20 Å². The number of halogens is 1. The number of hydrogen-bond acceptors (Lipinski definition) is 3. The average molecular weight is 258 g/mol. The maximum atomic E-state index is 11.2. The van der Waals surface area contributed by atoms with E-state index in [9.17, 15) is 4.79 Å². The Kier molecular flexibility index (Phi) is 2.57. The first kappa shape index (κ1) is 10.9. The molecule has 0 fully saturated rings. The zero-order valence-corrected chi connectivity index (χ0v) is 10.0. The summed E-state index contributed by atoms with van der Waals surface area (Å²) in [5.41, 5.74) is 2.39. The number of carbonyl (C=O) groups is 1. The lowest BCUT2D eigenvalue weighted by atomic mass is 10.2. The van der Waals surface area contributed by atoms with Crippen LogP contribution < -0.4 is 0 Å². The number of imidazole rings is 1. The van der Waals surface area contributed by atoms with Gasteiger partial charge in [-0.3, -0.25) is 14.2 Å². The molecule has 0 amide bonds. The van der Waals surface area contributed by atoms with Crippen molar-refractivity contribution in [3.05, 3.63) is 53.4 Å². The summed E-state index contributed by atoms with van der Waals surface area (Å²) >= 11 is 5.79. The van der Waals surface area contributed by atoms with Crippen LogP contribution in [0.2, 0.25) is 5.02 Å². The molecule has 0 aliphatic heterocycles. The van der Waals surface area contributed by atoms with Gasteiger partial charge in [-0.15, -0.1) is 0 Å². The Morgan fingerprint density at radius 1 is 1.22 bits per heavy atom. The van der Waals surface area contributed by atoms with Crippen molar-refractivity contribution in [3.8, 4) is 11.4 Å². The number of carbonyl (C=O) groups excluding carboxylic acids is 1. The van der Waals surface area contributed by atoms with Crippen molar-refractivity contribution >= 4 is 23.5 Å². The van der Waals surface area contributed by atoms with Gasteiger partial charge < -0.3 is 0 Å². The Hall–Kier alpha value is -2.20. The number of rotatable bonds is 2. The molecule has 0 unspecified atom stereocenters. The Bertz CT molecular complexity index is 719. The van der Waals surface area contributed by atoms with Crippen LogP contribution in [0.4, 0.5) is 0 Å². The normalized spacial score (nSPS) is 10.7. The highest BCUT2D eigenvalue weighted by Crippen LogP contribution is 2.22. The van der Waals surface area contributed by atoms with Gasteiger partial charge in [-0.1, -0.05) is 17.7 Å². The molecule has 18 heavy (non-hydrogen) atoms. The van der Waals surface area contributed by atoms with E-state index in [4.69, 9.17) is 11.6 Å². The van der Waals surface area contributed by atoms with Gasteiger partial charge in [0.2, 0.25) is 0 Å². The number of aromatic nitrogens is 3. The molecule has 0 N–H and O–H groups in total. The first-order valence-corrected chi connectivity index (χ1v) is 5.71. The smallest absolute Gasteiger partial charge is 0.169 e. The van der Waals surface area contributed by atoms with E-state index in [-0.39, 0.29) is 0 Å². The molecule has 3 aromatic heterocycles. The standard InChI is InChI=1S/C13H8ClN3O/c14-9-4-5-10(15-7-9)13-11(8-18)17-6-2-1-3-12(17)16-13/h1-8H. The van der Waals surface area contributed by atoms with Gasteiger partial charge >= 0.3 is 0 Å². The number of aldehydes is 1. The molecule has 0 aliphatic carbocycles. The fourth-order valence-electron chi connectivity index (χ4n) is 1.83. The SMILES string of the molecule is O=Cc1c(-c2ccc(Cl)cn2)nc2ccccn12. The number of hydrogen-bond donors (Lipinski definition) is 0. The van der Waals surface area contributed by atoms with E-state index in [2.05, 4.69) is 9.97 Å². The number of fused-ring (bicyclic) bond motifs is 1. The molecular weight excluding hydrogens is 250 g/mol. The molecule has 4 nitrogen and oxygen atoms in total. The summed E-state index contributed by atoms with van der Waals surface area (Å²) in [5.74, 6) is 0. The van der Waals surface area contributed by atoms with Gasteiger partial charge in [-0.25, -0.2) is 4.98 Å². The summed E-state index contributed by atoms with van der Waals surface area (Å²) in [6, 6.07) is 9.03. The van der Waals surface area contributed by atoms with Crippen LogP contribution in [-0.4, -0.2) is 20.7 Å². The topological polar surface area (TPSA) is 47.3 Å². The molecule has 0 bridgehead atoms. The summed E-state index contributed by atoms with van der Waals surface area (Å²) in [6.45, 7) is 0. The van der Waals surface area contributed by atoms with Crippen molar-refractivity contribution in [2.45, 2.75) is 0 Å². The first-order chi connectivity index (χ1) is 8.79. The van der Waals surface area contributed by atoms with E-state index >= 15 is 0 Å². The van der Waals surface area contributed by atoms with Crippen molar-refractivity contribution in [3.63, 3.8) is 0 Å². The fourth-order valence-corrected chi connectivity index (χ4v) is 1.94. The quantitative estimate of drug-likeness (QED) is 0.663. The second-order valence-corrected chi connectivity index (χ2v) is 4.19. The third kappa shape index (κ3) is 1.67. The molecular formula is C13H8ClN3O. The third-order valence-corrected chi connectivity index (χ3v) is 2.87. The Balaban J connectivity index is 2.28. The Morgan fingerprint density at radius 3 is 2.83 bits per heavy atom. The van der Waals surface area contributed by atoms with Gasteiger partial charge in [0.25, 0.3) is 0 Å². The van der Waals surface area contributed by atoms with Crippen molar-refractivity contribution in [1.82, 2.24) is 14.4 Å². The van der Waals surface area contributed by atoms with Gasteiger partial charge in [-0.2, -0.15) is 0 Å². The van der Waals surface area contributed by atoms with Crippen LogP contribution in [-0.2, 0) is 0 Å². The molecule has 88 valence electrons. The summed E-state index contributed by atoms with van der Waals surface area (Å²) in [6.07, 6.45) is 4.12. The molecule has 3 rings (SSSR count). The minimum atomic E-state index is 0.487. The van der Waals surface area contributed by atoms with Gasteiger partial charge in [-0.05, 0) is 24.3 Å². The van der Waals surface area contributed by atoms with Crippen molar-refractivity contribution in [2.24, 2.45) is 0 Å². The van der Waals surface area contributed by atoms with Gasteiger partial charge in [0.1, 0.15) is 17.0 Å². The molecule has 5 heteroatoms. The average Bonchev–Trinajstić information content (AvgIpc) is 2.78. The third-order valence-electron chi connectivity index (χ3n) is 2.65. The van der Waals surface area contributed by atoms with E-state index in [0.717, 1.165) is 6.29 Å². The molecule has 0 aromatic carbocycles. The molecule has 0 saturated heterocycles. The van der Waals surface area contributed by atoms with Crippen LogP contribution in [0.15, 0.2) is 42.7 Å². The lowest BCUT2D eigenvalue weighted by Crippen LogP contribution is -1.92. The molecule has 0 spiro atoms. The van der Waals surface area contributed by atoms with Crippen LogP contribution in [0.3, 0.4) is 0 Å². The maximum absolute atomic E-state index is 11.2. The maximum Gasteiger partial charge on any atom is 0.169 e. The van der Waals surface area contributed by atoms with Crippen molar-refractivity contribution < 1.29 is 4.79 Å². The lowest BCUT2D eigenvalue weighted by molar-refractivity contribution is 0.111. The van der Waals surface area contributed by atoms with Crippen LogP contribution in [0.25, 0.3) is 17.0 Å². The number of pyridine rings is 2. The van der Waals surface area contributed by atoms with Crippen LogP contribution in [0.5, 0.6) is 0 Å². The predicted octanol–water partition coefficient (Wildman–Crippen LogP) is 2.86. The molecule has 0 radical (unpaired) electrons. The zero-order valence-electron chi connectivity index (χ0n) is 9.25. The molecule has 3 heterocycles. The van der Waals surface area contributed by atoms with Gasteiger partial charge in [0.15, 0.2) is 6.29 Å². The van der Waals surface area contributed by atoms with E-state index in [1.807, 2.05) is 18.2 Å². The monoisotopic (exact) mass is 257 g/mol. The van der Waals surface area contributed by atoms with Gasteiger partial charge in [0.05, 0.1) is 10.7 Å². The fraction of sp³-hybridized carbons (Fsp3) is 0. The Labute approximate surface area is 108 Å². The minimum absolute atomic E-state index is 0.487. The molecule has 0 atom stereocenters. The highest BCUT2D eigenvalue weighted by molar-refractivity contribution is 6.30.